The molecule has 0 aliphatic heterocycles. The first-order chi connectivity index (χ1) is 11.5. The maximum Gasteiger partial charge on any atom is 0.257 e. The topological polar surface area (TPSA) is 37.4 Å². The van der Waals surface area contributed by atoms with E-state index in [9.17, 15) is 9.59 Å². The minimum Gasteiger partial charge on any atom is -0.274 e. The van der Waals surface area contributed by atoms with Crippen molar-refractivity contribution in [2.45, 2.75) is 13.8 Å². The maximum atomic E-state index is 12.4. The van der Waals surface area contributed by atoms with Gasteiger partial charge in [0.05, 0.1) is 5.69 Å². The third-order valence-electron chi connectivity index (χ3n) is 3.64. The molecule has 2 aromatic rings. The molecular formula is C21H20NO2. The van der Waals surface area contributed by atoms with E-state index in [2.05, 4.69) is 6.92 Å². The predicted molar refractivity (Wildman–Crippen MR) is 99.1 cm³/mol. The van der Waals surface area contributed by atoms with Gasteiger partial charge in [0.1, 0.15) is 0 Å². The zero-order valence-electron chi connectivity index (χ0n) is 13.9. The molecule has 0 fully saturated rings. The molecule has 3 heteroatoms. The van der Waals surface area contributed by atoms with Gasteiger partial charge >= 0.3 is 0 Å². The summed E-state index contributed by atoms with van der Waals surface area (Å²) in [5.41, 5.74) is 3.49. The molecule has 24 heavy (non-hydrogen) atoms. The molecule has 0 saturated heterocycles. The summed E-state index contributed by atoms with van der Waals surface area (Å²) in [7, 11) is 0. The van der Waals surface area contributed by atoms with Gasteiger partial charge in [-0.1, -0.05) is 48.5 Å². The minimum absolute atomic E-state index is 0.324. The Morgan fingerprint density at radius 1 is 0.958 bits per heavy atom. The van der Waals surface area contributed by atoms with Crippen LogP contribution in [0.2, 0.25) is 0 Å². The smallest absolute Gasteiger partial charge is 0.257 e. The van der Waals surface area contributed by atoms with Gasteiger partial charge < -0.3 is 0 Å². The summed E-state index contributed by atoms with van der Waals surface area (Å²) in [6, 6.07) is 16.7. The Labute approximate surface area is 142 Å². The maximum absolute atomic E-state index is 12.4. The van der Waals surface area contributed by atoms with Crippen LogP contribution in [0.4, 0.5) is 5.69 Å². The Kier molecular flexibility index (Phi) is 5.85. The SMILES string of the molecule is [CH2]C=C(C)c1ccc(N(C(C)=O)C(=O)C=Cc2ccccc2)cc1. The van der Waals surface area contributed by atoms with E-state index in [4.69, 9.17) is 0 Å². The van der Waals surface area contributed by atoms with Crippen LogP contribution < -0.4 is 4.90 Å². The number of benzene rings is 2. The fourth-order valence-electron chi connectivity index (χ4n) is 2.26. The summed E-state index contributed by atoms with van der Waals surface area (Å²) in [5, 5.41) is 0. The van der Waals surface area contributed by atoms with Crippen LogP contribution in [-0.2, 0) is 9.59 Å². The number of nitrogens with zero attached hydrogens (tertiary/aromatic N) is 1. The highest BCUT2D eigenvalue weighted by Gasteiger charge is 2.17. The van der Waals surface area contributed by atoms with Crippen molar-refractivity contribution in [3.05, 3.63) is 84.8 Å². The van der Waals surface area contributed by atoms with Gasteiger partial charge in [0, 0.05) is 13.0 Å². The predicted octanol–water partition coefficient (Wildman–Crippen LogP) is 4.52. The molecule has 121 valence electrons. The third kappa shape index (κ3) is 4.29. The quantitative estimate of drug-likeness (QED) is 0.777. The zero-order chi connectivity index (χ0) is 17.5. The van der Waals surface area contributed by atoms with Crippen molar-refractivity contribution in [2.75, 3.05) is 4.90 Å². The standard InChI is InChI=1S/C21H20NO2/c1-4-16(2)19-11-13-20(14-12-19)22(17(3)23)21(24)15-10-18-8-6-5-7-9-18/h4-15H,1H2,2-3H3. The van der Waals surface area contributed by atoms with Crippen molar-refractivity contribution in [3.63, 3.8) is 0 Å². The number of imide groups is 1. The number of allylic oxidation sites excluding steroid dienone is 2. The molecule has 0 aromatic heterocycles. The van der Waals surface area contributed by atoms with Crippen molar-refractivity contribution < 1.29 is 9.59 Å². The van der Waals surface area contributed by atoms with Crippen LogP contribution in [0.15, 0.2) is 66.7 Å². The molecule has 0 bridgehead atoms. The second-order valence-electron chi connectivity index (χ2n) is 5.37. The van der Waals surface area contributed by atoms with E-state index >= 15 is 0 Å². The first-order valence-electron chi connectivity index (χ1n) is 7.67. The lowest BCUT2D eigenvalue weighted by molar-refractivity contribution is -0.122. The van der Waals surface area contributed by atoms with Crippen molar-refractivity contribution >= 4 is 29.2 Å². The molecule has 0 heterocycles. The van der Waals surface area contributed by atoms with E-state index in [1.807, 2.05) is 49.4 Å². The van der Waals surface area contributed by atoms with Crippen molar-refractivity contribution in [1.82, 2.24) is 0 Å². The molecule has 0 spiro atoms. The van der Waals surface area contributed by atoms with Gasteiger partial charge in [-0.25, -0.2) is 4.90 Å². The van der Waals surface area contributed by atoms with Gasteiger partial charge in [0.15, 0.2) is 0 Å². The first kappa shape index (κ1) is 17.4. The highest BCUT2D eigenvalue weighted by molar-refractivity contribution is 6.19. The molecule has 0 aliphatic rings. The highest BCUT2D eigenvalue weighted by Crippen LogP contribution is 2.20. The molecule has 2 rings (SSSR count). The molecule has 0 atom stereocenters. The number of amides is 2. The Hall–Kier alpha value is -2.94. The van der Waals surface area contributed by atoms with E-state index in [1.54, 1.807) is 24.3 Å². The zero-order valence-corrected chi connectivity index (χ0v) is 13.9. The molecule has 0 unspecified atom stereocenters. The molecule has 1 radical (unpaired) electrons. The monoisotopic (exact) mass is 318 g/mol. The van der Waals surface area contributed by atoms with Crippen molar-refractivity contribution in [2.24, 2.45) is 0 Å². The van der Waals surface area contributed by atoms with Crippen LogP contribution in [0.1, 0.15) is 25.0 Å². The van der Waals surface area contributed by atoms with Gasteiger partial charge in [0.25, 0.3) is 5.91 Å². The molecule has 0 N–H and O–H groups in total. The second-order valence-corrected chi connectivity index (χ2v) is 5.37. The van der Waals surface area contributed by atoms with E-state index in [1.165, 1.54) is 13.0 Å². The normalized spacial score (nSPS) is 11.5. The number of hydrogen-bond acceptors (Lipinski definition) is 2. The van der Waals surface area contributed by atoms with Crippen LogP contribution in [-0.4, -0.2) is 11.8 Å². The average molecular weight is 318 g/mol. The minimum atomic E-state index is -0.372. The Morgan fingerprint density at radius 2 is 1.58 bits per heavy atom. The van der Waals surface area contributed by atoms with Gasteiger partial charge in [-0.3, -0.25) is 9.59 Å². The lowest BCUT2D eigenvalue weighted by Gasteiger charge is -2.18. The summed E-state index contributed by atoms with van der Waals surface area (Å²) in [6.07, 6.45) is 4.87. The first-order valence-corrected chi connectivity index (χ1v) is 7.67. The van der Waals surface area contributed by atoms with Gasteiger partial charge in [-0.2, -0.15) is 0 Å². The Balaban J connectivity index is 2.24. The number of carbonyl (C=O) groups excluding carboxylic acids is 2. The third-order valence-corrected chi connectivity index (χ3v) is 3.64. The Bertz CT molecular complexity index is 771. The number of carbonyl (C=O) groups is 2. The summed E-state index contributed by atoms with van der Waals surface area (Å²) in [5.74, 6) is -0.696. The van der Waals surface area contributed by atoms with E-state index in [0.29, 0.717) is 5.69 Å². The lowest BCUT2D eigenvalue weighted by Crippen LogP contribution is -2.33. The molecule has 2 amide bonds. The van der Waals surface area contributed by atoms with Crippen LogP contribution in [0, 0.1) is 6.92 Å². The molecule has 3 nitrogen and oxygen atoms in total. The summed E-state index contributed by atoms with van der Waals surface area (Å²) >= 11 is 0. The lowest BCUT2D eigenvalue weighted by atomic mass is 10.1. The molecule has 0 saturated carbocycles. The van der Waals surface area contributed by atoms with E-state index in [-0.39, 0.29) is 11.8 Å². The summed E-state index contributed by atoms with van der Waals surface area (Å²) in [6.45, 7) is 7.07. The van der Waals surface area contributed by atoms with Crippen molar-refractivity contribution in [3.8, 4) is 0 Å². The Morgan fingerprint density at radius 3 is 2.12 bits per heavy atom. The number of anilines is 1. The van der Waals surface area contributed by atoms with Crippen molar-refractivity contribution in [1.29, 1.82) is 0 Å². The highest BCUT2D eigenvalue weighted by atomic mass is 16.2. The average Bonchev–Trinajstić information content (AvgIpc) is 2.60. The number of rotatable bonds is 4. The van der Waals surface area contributed by atoms with Crippen LogP contribution in [0.5, 0.6) is 0 Å². The largest absolute Gasteiger partial charge is 0.274 e. The van der Waals surface area contributed by atoms with Gasteiger partial charge in [-0.15, -0.1) is 0 Å². The summed E-state index contributed by atoms with van der Waals surface area (Å²) in [4.78, 5) is 25.5. The second kappa shape index (κ2) is 8.06. The summed E-state index contributed by atoms with van der Waals surface area (Å²) < 4.78 is 0. The molecular weight excluding hydrogens is 298 g/mol. The van der Waals surface area contributed by atoms with Gasteiger partial charge in [0.2, 0.25) is 5.91 Å². The molecule has 2 aromatic carbocycles. The van der Waals surface area contributed by atoms with Crippen LogP contribution in [0.25, 0.3) is 11.6 Å². The molecule has 0 aliphatic carbocycles. The fourth-order valence-corrected chi connectivity index (χ4v) is 2.26. The fraction of sp³-hybridized carbons (Fsp3) is 0.0952. The van der Waals surface area contributed by atoms with Crippen LogP contribution in [0.3, 0.4) is 0 Å². The van der Waals surface area contributed by atoms with E-state index in [0.717, 1.165) is 21.6 Å². The van der Waals surface area contributed by atoms with E-state index < -0.39 is 0 Å². The van der Waals surface area contributed by atoms with Crippen LogP contribution >= 0.6 is 0 Å². The van der Waals surface area contributed by atoms with Gasteiger partial charge in [-0.05, 0) is 48.8 Å². The number of hydrogen-bond donors (Lipinski definition) is 0.